The topological polar surface area (TPSA) is 46.2 Å². The highest BCUT2D eigenvalue weighted by atomic mass is 32.2. The van der Waals surface area contributed by atoms with E-state index in [1.54, 1.807) is 0 Å². The third-order valence-corrected chi connectivity index (χ3v) is 4.23. The maximum atomic E-state index is 13.3. The summed E-state index contributed by atoms with van der Waals surface area (Å²) in [5.41, 5.74) is -0.383. The van der Waals surface area contributed by atoms with Crippen molar-refractivity contribution in [1.82, 2.24) is 0 Å². The molecule has 1 aromatic carbocycles. The van der Waals surface area contributed by atoms with Crippen LogP contribution in [0.3, 0.4) is 0 Å². The first kappa shape index (κ1) is 14.8. The SMILES string of the molecule is CCS(=O)(=O)CC(C)Nc1cc(F)cc(F)c1F. The van der Waals surface area contributed by atoms with Gasteiger partial charge in [0.1, 0.15) is 5.82 Å². The summed E-state index contributed by atoms with van der Waals surface area (Å²) in [4.78, 5) is 0. The quantitative estimate of drug-likeness (QED) is 0.843. The predicted octanol–water partition coefficient (Wildman–Crippen LogP) is 2.34. The molecule has 102 valence electrons. The zero-order chi connectivity index (χ0) is 13.9. The summed E-state index contributed by atoms with van der Waals surface area (Å²) in [6.07, 6.45) is 0. The monoisotopic (exact) mass is 281 g/mol. The molecular weight excluding hydrogens is 267 g/mol. The first-order chi connectivity index (χ1) is 8.25. The van der Waals surface area contributed by atoms with Crippen LogP contribution in [0.4, 0.5) is 18.9 Å². The van der Waals surface area contributed by atoms with Crippen LogP contribution in [0, 0.1) is 17.5 Å². The standard InChI is InChI=1S/C11H14F3NO2S/c1-3-18(16,17)6-7(2)15-10-5-8(12)4-9(13)11(10)14/h4-5,7,15H,3,6H2,1-2H3. The molecule has 0 amide bonds. The van der Waals surface area contributed by atoms with Crippen LogP contribution in [0.25, 0.3) is 0 Å². The molecule has 0 saturated carbocycles. The lowest BCUT2D eigenvalue weighted by Crippen LogP contribution is -2.27. The van der Waals surface area contributed by atoms with Crippen LogP contribution in [0.5, 0.6) is 0 Å². The molecule has 1 aromatic rings. The molecule has 0 saturated heterocycles. The van der Waals surface area contributed by atoms with Gasteiger partial charge in [-0.25, -0.2) is 21.6 Å². The maximum absolute atomic E-state index is 13.3. The molecule has 1 rings (SSSR count). The van der Waals surface area contributed by atoms with Gasteiger partial charge in [-0.15, -0.1) is 0 Å². The lowest BCUT2D eigenvalue weighted by molar-refractivity contribution is 0.496. The Kier molecular flexibility index (Phi) is 4.61. The van der Waals surface area contributed by atoms with Gasteiger partial charge in [0, 0.05) is 23.9 Å². The molecule has 0 aliphatic heterocycles. The van der Waals surface area contributed by atoms with E-state index in [9.17, 15) is 21.6 Å². The van der Waals surface area contributed by atoms with Crippen molar-refractivity contribution in [2.45, 2.75) is 19.9 Å². The minimum Gasteiger partial charge on any atom is -0.379 e. The molecule has 0 fully saturated rings. The number of nitrogens with one attached hydrogen (secondary N) is 1. The van der Waals surface area contributed by atoms with Gasteiger partial charge in [-0.1, -0.05) is 6.92 Å². The Morgan fingerprint density at radius 2 is 1.89 bits per heavy atom. The zero-order valence-corrected chi connectivity index (χ0v) is 10.8. The summed E-state index contributed by atoms with van der Waals surface area (Å²) in [5.74, 6) is -3.75. The van der Waals surface area contributed by atoms with Crippen LogP contribution in [0.2, 0.25) is 0 Å². The molecule has 0 aromatic heterocycles. The van der Waals surface area contributed by atoms with E-state index in [-0.39, 0.29) is 17.2 Å². The van der Waals surface area contributed by atoms with Crippen LogP contribution in [0.1, 0.15) is 13.8 Å². The van der Waals surface area contributed by atoms with E-state index in [2.05, 4.69) is 5.32 Å². The van der Waals surface area contributed by atoms with Crippen molar-refractivity contribution in [2.75, 3.05) is 16.8 Å². The van der Waals surface area contributed by atoms with Crippen LogP contribution in [-0.2, 0) is 9.84 Å². The van der Waals surface area contributed by atoms with E-state index >= 15 is 0 Å². The van der Waals surface area contributed by atoms with Gasteiger partial charge in [0.2, 0.25) is 0 Å². The first-order valence-corrected chi connectivity index (χ1v) is 7.19. The number of rotatable bonds is 5. The molecule has 0 bridgehead atoms. The second-order valence-corrected chi connectivity index (χ2v) is 6.39. The number of sulfone groups is 1. The second kappa shape index (κ2) is 5.60. The molecule has 0 spiro atoms. The van der Waals surface area contributed by atoms with E-state index in [4.69, 9.17) is 0 Å². The molecular formula is C11H14F3NO2S. The molecule has 18 heavy (non-hydrogen) atoms. The lowest BCUT2D eigenvalue weighted by atomic mass is 10.2. The number of anilines is 1. The Morgan fingerprint density at radius 1 is 1.28 bits per heavy atom. The Labute approximate surface area is 104 Å². The largest absolute Gasteiger partial charge is 0.379 e. The van der Waals surface area contributed by atoms with Gasteiger partial charge < -0.3 is 5.32 Å². The van der Waals surface area contributed by atoms with Crippen LogP contribution < -0.4 is 5.32 Å². The summed E-state index contributed by atoms with van der Waals surface area (Å²) >= 11 is 0. The third kappa shape index (κ3) is 3.90. The maximum Gasteiger partial charge on any atom is 0.182 e. The summed E-state index contributed by atoms with van der Waals surface area (Å²) in [5, 5.41) is 2.45. The summed E-state index contributed by atoms with van der Waals surface area (Å²) in [6.45, 7) is 2.99. The molecule has 1 N–H and O–H groups in total. The van der Waals surface area contributed by atoms with Crippen molar-refractivity contribution < 1.29 is 21.6 Å². The first-order valence-electron chi connectivity index (χ1n) is 5.36. The minimum absolute atomic E-state index is 0.0426. The number of hydrogen-bond donors (Lipinski definition) is 1. The number of halogens is 3. The highest BCUT2D eigenvalue weighted by molar-refractivity contribution is 7.91. The van der Waals surface area contributed by atoms with Crippen molar-refractivity contribution in [1.29, 1.82) is 0 Å². The molecule has 7 heteroatoms. The van der Waals surface area contributed by atoms with Gasteiger partial charge in [0.25, 0.3) is 0 Å². The highest BCUT2D eigenvalue weighted by Crippen LogP contribution is 2.20. The smallest absolute Gasteiger partial charge is 0.182 e. The van der Waals surface area contributed by atoms with Gasteiger partial charge in [0.05, 0.1) is 11.4 Å². The normalized spacial score (nSPS) is 13.4. The Morgan fingerprint density at radius 3 is 2.44 bits per heavy atom. The summed E-state index contributed by atoms with van der Waals surface area (Å²) < 4.78 is 61.8. The molecule has 0 aliphatic rings. The predicted molar refractivity (Wildman–Crippen MR) is 63.7 cm³/mol. The fraction of sp³-hybridized carbons (Fsp3) is 0.455. The van der Waals surface area contributed by atoms with Crippen molar-refractivity contribution in [3.05, 3.63) is 29.6 Å². The van der Waals surface area contributed by atoms with Crippen molar-refractivity contribution in [3.8, 4) is 0 Å². The second-order valence-electron chi connectivity index (χ2n) is 3.99. The number of hydrogen-bond acceptors (Lipinski definition) is 3. The molecule has 3 nitrogen and oxygen atoms in total. The third-order valence-electron chi connectivity index (χ3n) is 2.34. The highest BCUT2D eigenvalue weighted by Gasteiger charge is 2.17. The Hall–Kier alpha value is -1.24. The van der Waals surface area contributed by atoms with Crippen LogP contribution in [0.15, 0.2) is 12.1 Å². The molecule has 0 heterocycles. The fourth-order valence-corrected chi connectivity index (χ4v) is 2.55. The van der Waals surface area contributed by atoms with E-state index in [1.165, 1.54) is 13.8 Å². The van der Waals surface area contributed by atoms with Gasteiger partial charge in [-0.2, -0.15) is 0 Å². The minimum atomic E-state index is -3.24. The molecule has 0 aliphatic carbocycles. The van der Waals surface area contributed by atoms with Crippen LogP contribution in [-0.4, -0.2) is 26.0 Å². The van der Waals surface area contributed by atoms with E-state index < -0.39 is 33.3 Å². The van der Waals surface area contributed by atoms with Gasteiger partial charge >= 0.3 is 0 Å². The van der Waals surface area contributed by atoms with E-state index in [0.717, 1.165) is 6.07 Å². The fourth-order valence-electron chi connectivity index (χ4n) is 1.47. The van der Waals surface area contributed by atoms with Crippen molar-refractivity contribution in [2.24, 2.45) is 0 Å². The average Bonchev–Trinajstić information content (AvgIpc) is 2.24. The molecule has 1 unspecified atom stereocenters. The van der Waals surface area contributed by atoms with E-state index in [1.807, 2.05) is 0 Å². The zero-order valence-electron chi connectivity index (χ0n) is 10.0. The van der Waals surface area contributed by atoms with Gasteiger partial charge in [-0.05, 0) is 6.92 Å². The van der Waals surface area contributed by atoms with Gasteiger partial charge in [0.15, 0.2) is 21.5 Å². The van der Waals surface area contributed by atoms with Crippen molar-refractivity contribution in [3.63, 3.8) is 0 Å². The van der Waals surface area contributed by atoms with Crippen molar-refractivity contribution >= 4 is 15.5 Å². The Balaban J connectivity index is 2.86. The summed E-state index contributed by atoms with van der Waals surface area (Å²) in [6, 6.07) is 0.562. The molecule has 1 atom stereocenters. The van der Waals surface area contributed by atoms with Crippen LogP contribution >= 0.6 is 0 Å². The lowest BCUT2D eigenvalue weighted by Gasteiger charge is -2.15. The summed E-state index contributed by atoms with van der Waals surface area (Å²) in [7, 11) is -3.24. The Bertz CT molecular complexity index is 531. The average molecular weight is 281 g/mol. The molecule has 0 radical (unpaired) electrons. The van der Waals surface area contributed by atoms with E-state index in [0.29, 0.717) is 6.07 Å². The number of benzene rings is 1. The van der Waals surface area contributed by atoms with Gasteiger partial charge in [-0.3, -0.25) is 0 Å².